The van der Waals surface area contributed by atoms with Crippen molar-refractivity contribution < 1.29 is 29.3 Å². The molecule has 7 heteroatoms. The van der Waals surface area contributed by atoms with Gasteiger partial charge < -0.3 is 19.7 Å². The molecule has 2 aliphatic heterocycles. The van der Waals surface area contributed by atoms with Crippen molar-refractivity contribution in [2.75, 3.05) is 32.9 Å². The highest BCUT2D eigenvalue weighted by Crippen LogP contribution is 2.31. The van der Waals surface area contributed by atoms with Crippen LogP contribution in [0.3, 0.4) is 0 Å². The van der Waals surface area contributed by atoms with Crippen LogP contribution in [-0.2, 0) is 19.1 Å². The highest BCUT2D eigenvalue weighted by atomic mass is 16.5. The van der Waals surface area contributed by atoms with Gasteiger partial charge in [-0.1, -0.05) is 12.2 Å². The van der Waals surface area contributed by atoms with Gasteiger partial charge in [0.25, 0.3) is 0 Å². The van der Waals surface area contributed by atoms with Gasteiger partial charge in [0.05, 0.1) is 24.8 Å². The zero-order valence-corrected chi connectivity index (χ0v) is 14.6. The van der Waals surface area contributed by atoms with Crippen molar-refractivity contribution in [3.8, 4) is 0 Å². The molecule has 138 valence electrons. The zero-order valence-electron chi connectivity index (χ0n) is 14.6. The summed E-state index contributed by atoms with van der Waals surface area (Å²) in [6.45, 7) is 4.41. The number of carbonyl (C=O) groups is 2. The Bertz CT molecular complexity index is 607. The molecule has 0 radical (unpaired) electrons. The summed E-state index contributed by atoms with van der Waals surface area (Å²) in [5.41, 5.74) is 1.66. The summed E-state index contributed by atoms with van der Waals surface area (Å²) in [5, 5.41) is 18.1. The molecule has 2 atom stereocenters. The minimum absolute atomic E-state index is 0.0947. The van der Waals surface area contributed by atoms with E-state index in [9.17, 15) is 9.59 Å². The van der Waals surface area contributed by atoms with E-state index in [1.165, 1.54) is 12.2 Å². The first-order valence-corrected chi connectivity index (χ1v) is 8.35. The van der Waals surface area contributed by atoms with Gasteiger partial charge >= 0.3 is 11.9 Å². The molecule has 0 amide bonds. The Morgan fingerprint density at radius 3 is 2.76 bits per heavy atom. The maximum Gasteiger partial charge on any atom is 0.336 e. The molecule has 25 heavy (non-hydrogen) atoms. The lowest BCUT2D eigenvalue weighted by Crippen LogP contribution is -2.36. The van der Waals surface area contributed by atoms with Gasteiger partial charge in [-0.25, -0.2) is 9.59 Å². The summed E-state index contributed by atoms with van der Waals surface area (Å²) in [5.74, 6) is -1.02. The maximum absolute atomic E-state index is 11.9. The minimum Gasteiger partial charge on any atom is -0.458 e. The third-order valence-electron chi connectivity index (χ3n) is 4.45. The SMILES string of the molecule is C/C=C(/CO)C(=O)OCC1=CCN2CCC(OC(=O)/C=C(\C)CO)C12. The Hall–Kier alpha value is -1.96. The molecule has 7 nitrogen and oxygen atoms in total. The number of rotatable bonds is 7. The van der Waals surface area contributed by atoms with Gasteiger partial charge in [0.2, 0.25) is 0 Å². The van der Waals surface area contributed by atoms with Crippen LogP contribution in [0.25, 0.3) is 0 Å². The second-order valence-corrected chi connectivity index (χ2v) is 6.18. The first-order valence-electron chi connectivity index (χ1n) is 8.35. The summed E-state index contributed by atoms with van der Waals surface area (Å²) in [6.07, 6.45) is 5.21. The number of allylic oxidation sites excluding steroid dienone is 1. The third kappa shape index (κ3) is 4.78. The molecule has 0 aromatic heterocycles. The highest BCUT2D eigenvalue weighted by molar-refractivity contribution is 5.88. The number of hydrogen-bond donors (Lipinski definition) is 2. The largest absolute Gasteiger partial charge is 0.458 e. The van der Waals surface area contributed by atoms with Gasteiger partial charge in [0.15, 0.2) is 0 Å². The molecular formula is C18H25NO6. The third-order valence-corrected chi connectivity index (χ3v) is 4.45. The zero-order chi connectivity index (χ0) is 18.4. The lowest BCUT2D eigenvalue weighted by Gasteiger charge is -2.23. The first kappa shape index (κ1) is 19.4. The fourth-order valence-corrected chi connectivity index (χ4v) is 3.07. The smallest absolute Gasteiger partial charge is 0.336 e. The van der Waals surface area contributed by atoms with E-state index in [1.807, 2.05) is 6.08 Å². The van der Waals surface area contributed by atoms with E-state index >= 15 is 0 Å². The number of esters is 2. The van der Waals surface area contributed by atoms with Crippen molar-refractivity contribution in [1.29, 1.82) is 0 Å². The molecule has 0 aromatic carbocycles. The monoisotopic (exact) mass is 351 g/mol. The van der Waals surface area contributed by atoms with Crippen LogP contribution in [0.1, 0.15) is 20.3 Å². The second kappa shape index (κ2) is 8.94. The lowest BCUT2D eigenvalue weighted by molar-refractivity contribution is -0.144. The minimum atomic E-state index is -0.544. The number of aliphatic hydroxyl groups excluding tert-OH is 2. The number of carbonyl (C=O) groups excluding carboxylic acids is 2. The fourth-order valence-electron chi connectivity index (χ4n) is 3.07. The van der Waals surface area contributed by atoms with Gasteiger partial charge in [-0.15, -0.1) is 0 Å². The van der Waals surface area contributed by atoms with Crippen molar-refractivity contribution in [3.05, 3.63) is 34.9 Å². The van der Waals surface area contributed by atoms with E-state index in [-0.39, 0.29) is 37.5 Å². The van der Waals surface area contributed by atoms with Crippen LogP contribution in [-0.4, -0.2) is 72.1 Å². The number of aliphatic hydroxyl groups is 2. The van der Waals surface area contributed by atoms with Crippen LogP contribution >= 0.6 is 0 Å². The highest BCUT2D eigenvalue weighted by Gasteiger charge is 2.41. The van der Waals surface area contributed by atoms with Crippen molar-refractivity contribution >= 4 is 11.9 Å². The van der Waals surface area contributed by atoms with Crippen LogP contribution < -0.4 is 0 Å². The maximum atomic E-state index is 11.9. The van der Waals surface area contributed by atoms with Gasteiger partial charge in [0, 0.05) is 19.2 Å². The Balaban J connectivity index is 1.96. The Morgan fingerprint density at radius 1 is 1.36 bits per heavy atom. The van der Waals surface area contributed by atoms with Crippen molar-refractivity contribution in [2.45, 2.75) is 32.4 Å². The van der Waals surface area contributed by atoms with Crippen molar-refractivity contribution in [1.82, 2.24) is 4.90 Å². The van der Waals surface area contributed by atoms with Crippen LogP contribution in [0.5, 0.6) is 0 Å². The lowest BCUT2D eigenvalue weighted by atomic mass is 10.1. The molecule has 1 saturated heterocycles. The van der Waals surface area contributed by atoms with Crippen LogP contribution in [0, 0.1) is 0 Å². The van der Waals surface area contributed by atoms with Crippen LogP contribution in [0.2, 0.25) is 0 Å². The standard InChI is InChI=1S/C18H25NO6/c1-3-13(10-21)18(23)24-11-14-4-6-19-7-5-15(17(14)19)25-16(22)8-12(2)9-20/h3-4,8,15,17,20-21H,5-7,9-11H2,1-2H3/b12-8+,13-3-. The summed E-state index contributed by atoms with van der Waals surface area (Å²) >= 11 is 0. The van der Waals surface area contributed by atoms with E-state index in [2.05, 4.69) is 4.90 Å². The molecule has 0 spiro atoms. The van der Waals surface area contributed by atoms with Gasteiger partial charge in [-0.3, -0.25) is 4.90 Å². The Morgan fingerprint density at radius 2 is 2.12 bits per heavy atom. The van der Waals surface area contributed by atoms with Gasteiger partial charge in [-0.05, 0) is 31.4 Å². The number of hydrogen-bond acceptors (Lipinski definition) is 7. The molecular weight excluding hydrogens is 326 g/mol. The molecule has 2 N–H and O–H groups in total. The van der Waals surface area contributed by atoms with Crippen LogP contribution in [0.4, 0.5) is 0 Å². The van der Waals surface area contributed by atoms with E-state index in [0.717, 1.165) is 18.7 Å². The molecule has 1 fully saturated rings. The fraction of sp³-hybridized carbons (Fsp3) is 0.556. The predicted molar refractivity (Wildman–Crippen MR) is 90.6 cm³/mol. The topological polar surface area (TPSA) is 96.3 Å². The molecule has 0 bridgehead atoms. The molecule has 2 unspecified atom stereocenters. The van der Waals surface area contributed by atoms with E-state index in [0.29, 0.717) is 12.0 Å². The molecule has 2 rings (SSSR count). The average molecular weight is 351 g/mol. The summed E-state index contributed by atoms with van der Waals surface area (Å²) < 4.78 is 10.8. The average Bonchev–Trinajstić information content (AvgIpc) is 3.17. The Kier molecular flexibility index (Phi) is 6.92. The van der Waals surface area contributed by atoms with Gasteiger partial charge in [0.1, 0.15) is 12.7 Å². The quantitative estimate of drug-likeness (QED) is 0.388. The molecule has 2 aliphatic rings. The summed E-state index contributed by atoms with van der Waals surface area (Å²) in [7, 11) is 0. The summed E-state index contributed by atoms with van der Waals surface area (Å²) in [4.78, 5) is 26.0. The molecule has 0 saturated carbocycles. The van der Waals surface area contributed by atoms with E-state index in [4.69, 9.17) is 19.7 Å². The van der Waals surface area contributed by atoms with Crippen LogP contribution in [0.15, 0.2) is 34.9 Å². The normalized spacial score (nSPS) is 24.1. The predicted octanol–water partition coefficient (Wildman–Crippen LogP) is 0.333. The van der Waals surface area contributed by atoms with E-state index < -0.39 is 11.9 Å². The Labute approximate surface area is 147 Å². The van der Waals surface area contributed by atoms with Gasteiger partial charge in [-0.2, -0.15) is 0 Å². The van der Waals surface area contributed by atoms with Crippen molar-refractivity contribution in [2.24, 2.45) is 0 Å². The summed E-state index contributed by atoms with van der Waals surface area (Å²) in [6, 6.07) is -0.0947. The van der Waals surface area contributed by atoms with Crippen molar-refractivity contribution in [3.63, 3.8) is 0 Å². The molecule has 2 heterocycles. The number of nitrogens with zero attached hydrogens (tertiary/aromatic N) is 1. The molecule has 0 aromatic rings. The first-order chi connectivity index (χ1) is 12.0. The van der Waals surface area contributed by atoms with E-state index in [1.54, 1.807) is 13.8 Å². The second-order valence-electron chi connectivity index (χ2n) is 6.18. The number of fused-ring (bicyclic) bond motifs is 1. The number of ether oxygens (including phenoxy) is 2. The molecule has 0 aliphatic carbocycles.